The molecule has 0 aromatic heterocycles. The Hall–Kier alpha value is -6.18. The second kappa shape index (κ2) is 13.7. The van der Waals surface area contributed by atoms with Crippen molar-refractivity contribution in [1.82, 2.24) is 0 Å². The van der Waals surface area contributed by atoms with Crippen molar-refractivity contribution in [3.8, 4) is 44.5 Å². The van der Waals surface area contributed by atoms with Crippen LogP contribution in [0.4, 0.5) is 17.1 Å². The van der Waals surface area contributed by atoms with E-state index in [9.17, 15) is 0 Å². The van der Waals surface area contributed by atoms with Gasteiger partial charge in [-0.25, -0.2) is 0 Å². The lowest BCUT2D eigenvalue weighted by Gasteiger charge is -2.32. The van der Waals surface area contributed by atoms with Gasteiger partial charge in [-0.3, -0.25) is 0 Å². The van der Waals surface area contributed by atoms with Gasteiger partial charge in [-0.15, -0.1) is 0 Å². The van der Waals surface area contributed by atoms with Crippen LogP contribution in [0.3, 0.4) is 0 Å². The summed E-state index contributed by atoms with van der Waals surface area (Å²) in [6.45, 7) is 9.53. The van der Waals surface area contributed by atoms with Crippen molar-refractivity contribution >= 4 is 27.8 Å². The Morgan fingerprint density at radius 2 is 0.983 bits per heavy atom. The van der Waals surface area contributed by atoms with E-state index in [2.05, 4.69) is 202 Å². The molecule has 1 saturated carbocycles. The Bertz CT molecular complexity index is 2920. The molecule has 59 heavy (non-hydrogen) atoms. The van der Waals surface area contributed by atoms with E-state index in [-0.39, 0.29) is 10.8 Å². The van der Waals surface area contributed by atoms with E-state index in [1.54, 1.807) is 0 Å². The van der Waals surface area contributed by atoms with E-state index < -0.39 is 0 Å². The Labute approximate surface area is 350 Å². The molecular formula is C58H51N. The van der Waals surface area contributed by atoms with Crippen LogP contribution in [0.5, 0.6) is 0 Å². The van der Waals surface area contributed by atoms with Crippen LogP contribution >= 0.6 is 0 Å². The first-order valence-electron chi connectivity index (χ1n) is 21.8. The molecule has 1 heteroatoms. The lowest BCUT2D eigenvalue weighted by molar-refractivity contribution is 0.444. The van der Waals surface area contributed by atoms with Crippen LogP contribution in [0.15, 0.2) is 170 Å². The van der Waals surface area contributed by atoms with Gasteiger partial charge >= 0.3 is 0 Å². The minimum atomic E-state index is -0.103. The van der Waals surface area contributed by atoms with E-state index in [0.717, 1.165) is 0 Å². The molecule has 0 unspecified atom stereocenters. The van der Waals surface area contributed by atoms with Crippen molar-refractivity contribution in [1.29, 1.82) is 0 Å². The quantitative estimate of drug-likeness (QED) is 0.163. The third-order valence-electron chi connectivity index (χ3n) is 14.2. The minimum absolute atomic E-state index is 0.0744. The number of benzene rings is 8. The number of hydrogen-bond donors (Lipinski definition) is 0. The molecule has 8 aromatic carbocycles. The standard InChI is InChI=1S/C58H51N/c1-57(2)52-26-16-14-24-46(52)50-37-44(29-31-53(50)57)59(55-32-28-42(38-17-7-5-8-18-38)34-48(55)39-19-9-6-10-20-39)56-36-41-22-12-11-21-40(41)33-49(56)43-27-30-47-45-23-13-15-25-51(45)58(3,4)54(47)35-43/h6,9-16,19-38H,5,7-8,17-18H2,1-4H3. The highest BCUT2D eigenvalue weighted by atomic mass is 15.1. The van der Waals surface area contributed by atoms with Crippen LogP contribution in [0.2, 0.25) is 0 Å². The predicted molar refractivity (Wildman–Crippen MR) is 250 cm³/mol. The first-order valence-corrected chi connectivity index (χ1v) is 21.8. The fourth-order valence-electron chi connectivity index (χ4n) is 11.1. The molecule has 1 nitrogen and oxygen atoms in total. The first-order chi connectivity index (χ1) is 28.8. The van der Waals surface area contributed by atoms with Gasteiger partial charge in [0.1, 0.15) is 0 Å². The molecule has 1 fully saturated rings. The summed E-state index contributed by atoms with van der Waals surface area (Å²) in [6.07, 6.45) is 6.52. The predicted octanol–water partition coefficient (Wildman–Crippen LogP) is 16.3. The maximum absolute atomic E-state index is 2.59. The van der Waals surface area contributed by atoms with Crippen LogP contribution in [0.1, 0.15) is 93.5 Å². The maximum atomic E-state index is 2.59. The molecule has 0 saturated heterocycles. The normalized spacial score (nSPS) is 16.0. The number of hydrogen-bond acceptors (Lipinski definition) is 1. The van der Waals surface area contributed by atoms with Gasteiger partial charge < -0.3 is 4.90 Å². The molecular weight excluding hydrogens is 711 g/mol. The molecule has 8 aromatic rings. The Balaban J connectivity index is 1.19. The van der Waals surface area contributed by atoms with Crippen LogP contribution in [-0.2, 0) is 10.8 Å². The fourth-order valence-corrected chi connectivity index (χ4v) is 11.1. The van der Waals surface area contributed by atoms with Crippen LogP contribution < -0.4 is 4.90 Å². The third-order valence-corrected chi connectivity index (χ3v) is 14.2. The van der Waals surface area contributed by atoms with E-state index in [4.69, 9.17) is 0 Å². The summed E-state index contributed by atoms with van der Waals surface area (Å²) in [4.78, 5) is 2.59. The first kappa shape index (κ1) is 35.9. The molecule has 0 bridgehead atoms. The number of rotatable bonds is 6. The molecule has 0 aliphatic heterocycles. The van der Waals surface area contributed by atoms with Crippen LogP contribution in [-0.4, -0.2) is 0 Å². The molecule has 3 aliphatic rings. The molecule has 11 rings (SSSR count). The summed E-state index contributed by atoms with van der Waals surface area (Å²) in [7, 11) is 0. The highest BCUT2D eigenvalue weighted by Crippen LogP contribution is 2.54. The van der Waals surface area contributed by atoms with Gasteiger partial charge in [0.2, 0.25) is 0 Å². The number of nitrogens with zero attached hydrogens (tertiary/aromatic N) is 1. The zero-order chi connectivity index (χ0) is 39.9. The second-order valence-electron chi connectivity index (χ2n) is 18.4. The number of anilines is 3. The average Bonchev–Trinajstić information content (AvgIpc) is 3.66. The lowest BCUT2D eigenvalue weighted by atomic mass is 9.81. The van der Waals surface area contributed by atoms with Crippen molar-refractivity contribution in [3.63, 3.8) is 0 Å². The second-order valence-corrected chi connectivity index (χ2v) is 18.4. The van der Waals surface area contributed by atoms with E-state index in [1.165, 1.54) is 132 Å². The van der Waals surface area contributed by atoms with Gasteiger partial charge in [-0.1, -0.05) is 174 Å². The fraction of sp³-hybridized carbons (Fsp3) is 0.207. The van der Waals surface area contributed by atoms with E-state index in [1.807, 2.05) is 0 Å². The molecule has 288 valence electrons. The average molecular weight is 762 g/mol. The molecule has 0 amide bonds. The Morgan fingerprint density at radius 3 is 1.73 bits per heavy atom. The Morgan fingerprint density at radius 1 is 0.390 bits per heavy atom. The van der Waals surface area contributed by atoms with Crippen molar-refractivity contribution in [3.05, 3.63) is 198 Å². The molecule has 0 spiro atoms. The highest BCUT2D eigenvalue weighted by molar-refractivity contribution is 6.01. The largest absolute Gasteiger partial charge is 0.309 e. The van der Waals surface area contributed by atoms with Crippen molar-refractivity contribution in [2.75, 3.05) is 4.90 Å². The van der Waals surface area contributed by atoms with Crippen LogP contribution in [0, 0.1) is 0 Å². The molecule has 0 N–H and O–H groups in total. The summed E-state index contributed by atoms with van der Waals surface area (Å²) >= 11 is 0. The van der Waals surface area contributed by atoms with E-state index >= 15 is 0 Å². The minimum Gasteiger partial charge on any atom is -0.309 e. The van der Waals surface area contributed by atoms with Gasteiger partial charge in [-0.05, 0) is 133 Å². The highest BCUT2D eigenvalue weighted by Gasteiger charge is 2.37. The summed E-state index contributed by atoms with van der Waals surface area (Å²) in [6, 6.07) is 64.8. The molecule has 3 aliphatic carbocycles. The van der Waals surface area contributed by atoms with Gasteiger partial charge in [-0.2, -0.15) is 0 Å². The lowest BCUT2D eigenvalue weighted by Crippen LogP contribution is -2.16. The van der Waals surface area contributed by atoms with E-state index in [0.29, 0.717) is 5.92 Å². The van der Waals surface area contributed by atoms with Crippen LogP contribution in [0.25, 0.3) is 55.3 Å². The van der Waals surface area contributed by atoms with Gasteiger partial charge in [0.05, 0.1) is 11.4 Å². The maximum Gasteiger partial charge on any atom is 0.0546 e. The zero-order valence-electron chi connectivity index (χ0n) is 34.7. The monoisotopic (exact) mass is 761 g/mol. The smallest absolute Gasteiger partial charge is 0.0546 e. The zero-order valence-corrected chi connectivity index (χ0v) is 34.7. The molecule has 0 radical (unpaired) electrons. The van der Waals surface area contributed by atoms with Crippen molar-refractivity contribution in [2.24, 2.45) is 0 Å². The topological polar surface area (TPSA) is 3.24 Å². The summed E-state index contributed by atoms with van der Waals surface area (Å²) in [5, 5.41) is 2.48. The number of fused-ring (bicyclic) bond motifs is 7. The van der Waals surface area contributed by atoms with Crippen molar-refractivity contribution < 1.29 is 0 Å². The van der Waals surface area contributed by atoms with Crippen molar-refractivity contribution in [2.45, 2.75) is 76.5 Å². The van der Waals surface area contributed by atoms with Gasteiger partial charge in [0, 0.05) is 27.6 Å². The summed E-state index contributed by atoms with van der Waals surface area (Å²) in [5.41, 5.74) is 20.8. The van der Waals surface area contributed by atoms with Gasteiger partial charge in [0.15, 0.2) is 0 Å². The summed E-state index contributed by atoms with van der Waals surface area (Å²) < 4.78 is 0. The molecule has 0 atom stereocenters. The molecule has 0 heterocycles. The Kier molecular flexibility index (Phi) is 8.35. The summed E-state index contributed by atoms with van der Waals surface area (Å²) in [5.74, 6) is 0.600. The SMILES string of the molecule is CC1(C)c2ccccc2-c2cc(N(c3ccc(C4CCCCC4)cc3-c3ccccc3)c3cc4ccccc4cc3-c3ccc4c(c3)C(C)(C)c3ccccc3-4)ccc21. The van der Waals surface area contributed by atoms with Gasteiger partial charge in [0.25, 0.3) is 0 Å². The third kappa shape index (κ3) is 5.73.